The van der Waals surface area contributed by atoms with Gasteiger partial charge in [0.05, 0.1) is 13.7 Å². The molecule has 4 heteroatoms. The van der Waals surface area contributed by atoms with Crippen LogP contribution in [0.5, 0.6) is 0 Å². The predicted molar refractivity (Wildman–Crippen MR) is 30.1 cm³/mol. The highest BCUT2D eigenvalue weighted by Crippen LogP contribution is 2.08. The van der Waals surface area contributed by atoms with Crippen molar-refractivity contribution in [2.45, 2.75) is 12.5 Å². The molecular weight excluding hydrogens is 120 g/mol. The van der Waals surface area contributed by atoms with Crippen LogP contribution in [0.2, 0.25) is 0 Å². The molecule has 50 valence electrons. The van der Waals surface area contributed by atoms with Crippen LogP contribution in [0.1, 0.15) is 6.42 Å². The molecule has 0 aliphatic carbocycles. The van der Waals surface area contributed by atoms with Crippen LogP contribution in [0.3, 0.4) is 0 Å². The maximum atomic E-state index is 10.6. The fourth-order valence-corrected chi connectivity index (χ4v) is 0.695. The Balaban J connectivity index is 2.43. The number of azo groups is 1. The van der Waals surface area contributed by atoms with Crippen molar-refractivity contribution in [2.75, 3.05) is 13.7 Å². The molecule has 4 nitrogen and oxygen atoms in total. The molecule has 1 unspecified atom stereocenters. The van der Waals surface area contributed by atoms with Gasteiger partial charge in [-0.05, 0) is 0 Å². The van der Waals surface area contributed by atoms with E-state index < -0.39 is 0 Å². The Kier molecular flexibility index (Phi) is 1.77. The van der Waals surface area contributed by atoms with Crippen LogP contribution in [0, 0.1) is 0 Å². The van der Waals surface area contributed by atoms with Gasteiger partial charge in [-0.25, -0.2) is 4.79 Å². The summed E-state index contributed by atoms with van der Waals surface area (Å²) < 4.78 is 4.44. The van der Waals surface area contributed by atoms with Gasteiger partial charge in [0.15, 0.2) is 6.04 Å². The van der Waals surface area contributed by atoms with E-state index in [2.05, 4.69) is 15.0 Å². The third kappa shape index (κ3) is 1.25. The molecule has 0 saturated carbocycles. The van der Waals surface area contributed by atoms with Crippen LogP contribution >= 0.6 is 0 Å². The maximum Gasteiger partial charge on any atom is 0.332 e. The number of carbonyl (C=O) groups is 1. The molecule has 0 bridgehead atoms. The highest BCUT2D eigenvalue weighted by molar-refractivity contribution is 5.75. The molecular formula is C5H8N2O2. The van der Waals surface area contributed by atoms with Gasteiger partial charge in [0.1, 0.15) is 0 Å². The standard InChI is InChI=1S/C5H8N2O2/c1-9-5(8)4-2-3-6-7-4/h4H,2-3H2,1H3. The van der Waals surface area contributed by atoms with Crippen molar-refractivity contribution in [2.24, 2.45) is 10.2 Å². The molecule has 0 amide bonds. The van der Waals surface area contributed by atoms with E-state index in [0.29, 0.717) is 13.0 Å². The Morgan fingerprint density at radius 3 is 3.00 bits per heavy atom. The molecule has 1 aliphatic heterocycles. The lowest BCUT2D eigenvalue weighted by molar-refractivity contribution is -0.141. The van der Waals surface area contributed by atoms with Gasteiger partial charge in [-0.2, -0.15) is 10.2 Å². The minimum absolute atomic E-state index is 0.281. The highest BCUT2D eigenvalue weighted by Gasteiger charge is 2.20. The summed E-state index contributed by atoms with van der Waals surface area (Å²) in [6.45, 7) is 0.653. The molecule has 0 aromatic carbocycles. The monoisotopic (exact) mass is 128 g/mol. The number of hydrogen-bond donors (Lipinski definition) is 0. The molecule has 1 heterocycles. The Bertz CT molecular complexity index is 144. The summed E-state index contributed by atoms with van der Waals surface area (Å²) in [5.41, 5.74) is 0. The number of esters is 1. The van der Waals surface area contributed by atoms with E-state index in [4.69, 9.17) is 0 Å². The van der Waals surface area contributed by atoms with Crippen molar-refractivity contribution in [3.8, 4) is 0 Å². The molecule has 0 spiro atoms. The Morgan fingerprint density at radius 1 is 1.78 bits per heavy atom. The lowest BCUT2D eigenvalue weighted by Gasteiger charge is -1.99. The molecule has 1 rings (SSSR count). The van der Waals surface area contributed by atoms with E-state index in [-0.39, 0.29) is 12.0 Å². The number of carbonyl (C=O) groups excluding carboxylic acids is 1. The second kappa shape index (κ2) is 2.57. The van der Waals surface area contributed by atoms with Crippen LogP contribution in [0.15, 0.2) is 10.2 Å². The Hall–Kier alpha value is -0.930. The summed E-state index contributed by atoms with van der Waals surface area (Å²) in [7, 11) is 1.36. The molecule has 0 aromatic heterocycles. The van der Waals surface area contributed by atoms with Crippen molar-refractivity contribution in [3.05, 3.63) is 0 Å². The zero-order valence-electron chi connectivity index (χ0n) is 5.20. The van der Waals surface area contributed by atoms with Gasteiger partial charge < -0.3 is 4.74 Å². The van der Waals surface area contributed by atoms with Gasteiger partial charge >= 0.3 is 5.97 Å². The number of hydrogen-bond acceptors (Lipinski definition) is 4. The smallest absolute Gasteiger partial charge is 0.332 e. The van der Waals surface area contributed by atoms with Crippen molar-refractivity contribution < 1.29 is 9.53 Å². The Morgan fingerprint density at radius 2 is 2.56 bits per heavy atom. The first kappa shape index (κ1) is 6.19. The third-order valence-corrected chi connectivity index (χ3v) is 1.20. The number of ether oxygens (including phenoxy) is 1. The fraction of sp³-hybridized carbons (Fsp3) is 0.800. The quantitative estimate of drug-likeness (QED) is 0.479. The zero-order chi connectivity index (χ0) is 6.69. The van der Waals surface area contributed by atoms with E-state index in [1.54, 1.807) is 0 Å². The van der Waals surface area contributed by atoms with Crippen LogP contribution in [0.4, 0.5) is 0 Å². The maximum absolute atomic E-state index is 10.6. The lowest BCUT2D eigenvalue weighted by Crippen LogP contribution is -2.17. The summed E-state index contributed by atoms with van der Waals surface area (Å²) in [6.07, 6.45) is 0.701. The molecule has 0 radical (unpaired) electrons. The van der Waals surface area contributed by atoms with Gasteiger partial charge in [0.25, 0.3) is 0 Å². The summed E-state index contributed by atoms with van der Waals surface area (Å²) >= 11 is 0. The zero-order valence-corrected chi connectivity index (χ0v) is 5.20. The SMILES string of the molecule is COC(=O)C1CCN=N1. The van der Waals surface area contributed by atoms with Crippen molar-refractivity contribution >= 4 is 5.97 Å². The van der Waals surface area contributed by atoms with Gasteiger partial charge in [-0.3, -0.25) is 0 Å². The van der Waals surface area contributed by atoms with E-state index in [1.165, 1.54) is 7.11 Å². The second-order valence-corrected chi connectivity index (χ2v) is 1.81. The van der Waals surface area contributed by atoms with E-state index >= 15 is 0 Å². The minimum atomic E-state index is -0.324. The van der Waals surface area contributed by atoms with Crippen LogP contribution < -0.4 is 0 Å². The fourth-order valence-electron chi connectivity index (χ4n) is 0.695. The van der Waals surface area contributed by atoms with Crippen molar-refractivity contribution in [3.63, 3.8) is 0 Å². The van der Waals surface area contributed by atoms with Gasteiger partial charge in [0.2, 0.25) is 0 Å². The van der Waals surface area contributed by atoms with E-state index in [9.17, 15) is 4.79 Å². The molecule has 0 fully saturated rings. The average Bonchev–Trinajstić information content (AvgIpc) is 2.37. The Labute approximate surface area is 52.9 Å². The van der Waals surface area contributed by atoms with Crippen LogP contribution in [-0.2, 0) is 9.53 Å². The van der Waals surface area contributed by atoms with E-state index in [1.807, 2.05) is 0 Å². The molecule has 0 N–H and O–H groups in total. The topological polar surface area (TPSA) is 51.0 Å². The minimum Gasteiger partial charge on any atom is -0.467 e. The molecule has 0 aromatic rings. The third-order valence-electron chi connectivity index (χ3n) is 1.20. The summed E-state index contributed by atoms with van der Waals surface area (Å²) in [6, 6.07) is -0.324. The predicted octanol–water partition coefficient (Wildman–Crippen LogP) is 0.384. The number of methoxy groups -OCH3 is 1. The summed E-state index contributed by atoms with van der Waals surface area (Å²) in [5.74, 6) is -0.281. The van der Waals surface area contributed by atoms with E-state index in [0.717, 1.165) is 0 Å². The van der Waals surface area contributed by atoms with Gasteiger partial charge in [0, 0.05) is 6.42 Å². The second-order valence-electron chi connectivity index (χ2n) is 1.81. The largest absolute Gasteiger partial charge is 0.467 e. The first-order chi connectivity index (χ1) is 4.34. The molecule has 1 atom stereocenters. The number of nitrogens with zero attached hydrogens (tertiary/aromatic N) is 2. The first-order valence-corrected chi connectivity index (χ1v) is 2.79. The molecule has 1 aliphatic rings. The number of rotatable bonds is 1. The molecule has 9 heavy (non-hydrogen) atoms. The van der Waals surface area contributed by atoms with Crippen LogP contribution in [0.25, 0.3) is 0 Å². The van der Waals surface area contributed by atoms with Crippen molar-refractivity contribution in [1.29, 1.82) is 0 Å². The normalized spacial score (nSPS) is 24.3. The summed E-state index contributed by atoms with van der Waals surface area (Å²) in [5, 5.41) is 7.31. The lowest BCUT2D eigenvalue weighted by atomic mass is 10.2. The highest BCUT2D eigenvalue weighted by atomic mass is 16.5. The van der Waals surface area contributed by atoms with Crippen LogP contribution in [-0.4, -0.2) is 25.7 Å². The average molecular weight is 128 g/mol. The van der Waals surface area contributed by atoms with Gasteiger partial charge in [-0.1, -0.05) is 0 Å². The first-order valence-electron chi connectivity index (χ1n) is 2.79. The molecule has 0 saturated heterocycles. The van der Waals surface area contributed by atoms with Crippen molar-refractivity contribution in [1.82, 2.24) is 0 Å². The van der Waals surface area contributed by atoms with Gasteiger partial charge in [-0.15, -0.1) is 0 Å². The summed E-state index contributed by atoms with van der Waals surface area (Å²) in [4.78, 5) is 10.6.